The van der Waals surface area contributed by atoms with Gasteiger partial charge in [-0.15, -0.1) is 0 Å². The van der Waals surface area contributed by atoms with Gasteiger partial charge in [0.05, 0.1) is 4.90 Å². The molecule has 6 nitrogen and oxygen atoms in total. The molecule has 0 bridgehead atoms. The van der Waals surface area contributed by atoms with Gasteiger partial charge in [0, 0.05) is 0 Å². The molecule has 20 heavy (non-hydrogen) atoms. The van der Waals surface area contributed by atoms with Crippen LogP contribution >= 0.6 is 0 Å². The number of hydrogen-bond acceptors (Lipinski definition) is 4. The van der Waals surface area contributed by atoms with E-state index in [-0.39, 0.29) is 10.8 Å². The van der Waals surface area contributed by atoms with Crippen LogP contribution in [-0.4, -0.2) is 30.1 Å². The molecule has 0 saturated heterocycles. The van der Waals surface area contributed by atoms with Gasteiger partial charge < -0.3 is 10.8 Å². The number of aliphatic carboxylic acids is 1. The van der Waals surface area contributed by atoms with Crippen molar-refractivity contribution in [1.82, 2.24) is 0 Å². The van der Waals surface area contributed by atoms with Crippen LogP contribution in [-0.2, 0) is 14.9 Å². The lowest BCUT2D eigenvalue weighted by atomic mass is 10.0. The standard InChI is InChI=1S/C7H8O3S.C6H13NO2/c1-6-2-4-7(5-3-6)11(8,9)10;1-3-4(2)5(7)6(8)9/h2-5H,1H3,(H,8,9,10);4-5H,3,7H2,1-2H3,(H,8,9)/t;4-,5-/m.0/s1. The first-order valence-corrected chi connectivity index (χ1v) is 7.56. The summed E-state index contributed by atoms with van der Waals surface area (Å²) in [4.78, 5) is 10.1. The van der Waals surface area contributed by atoms with Crippen molar-refractivity contribution in [2.45, 2.75) is 38.1 Å². The summed E-state index contributed by atoms with van der Waals surface area (Å²) >= 11 is 0. The topological polar surface area (TPSA) is 118 Å². The summed E-state index contributed by atoms with van der Waals surface area (Å²) in [6, 6.07) is 5.29. The highest BCUT2D eigenvalue weighted by molar-refractivity contribution is 7.85. The van der Waals surface area contributed by atoms with E-state index in [1.54, 1.807) is 12.1 Å². The lowest BCUT2D eigenvalue weighted by Gasteiger charge is -2.11. The third kappa shape index (κ3) is 6.65. The summed E-state index contributed by atoms with van der Waals surface area (Å²) in [6.07, 6.45) is 0.813. The second kappa shape index (κ2) is 7.98. The zero-order chi connectivity index (χ0) is 15.9. The zero-order valence-electron chi connectivity index (χ0n) is 11.8. The number of hydrogen-bond donors (Lipinski definition) is 3. The normalized spacial score (nSPS) is 13.8. The van der Waals surface area contributed by atoms with E-state index in [2.05, 4.69) is 0 Å². The third-order valence-corrected chi connectivity index (χ3v) is 3.73. The molecule has 0 heterocycles. The Kier molecular flexibility index (Phi) is 7.41. The lowest BCUT2D eigenvalue weighted by molar-refractivity contribution is -0.139. The number of carboxylic acid groups (broad SMARTS) is 1. The molecule has 0 amide bonds. The quantitative estimate of drug-likeness (QED) is 0.728. The van der Waals surface area contributed by atoms with Crippen LogP contribution in [0.25, 0.3) is 0 Å². The molecule has 114 valence electrons. The van der Waals surface area contributed by atoms with Crippen LogP contribution in [0.5, 0.6) is 0 Å². The number of aryl methyl sites for hydroxylation is 1. The molecule has 0 aliphatic carbocycles. The smallest absolute Gasteiger partial charge is 0.320 e. The van der Waals surface area contributed by atoms with E-state index in [9.17, 15) is 13.2 Å². The van der Waals surface area contributed by atoms with Crippen LogP contribution in [0.3, 0.4) is 0 Å². The van der Waals surface area contributed by atoms with Crippen molar-refractivity contribution in [3.8, 4) is 0 Å². The maximum atomic E-state index is 10.5. The number of carboxylic acids is 1. The fraction of sp³-hybridized carbons (Fsp3) is 0.462. The Morgan fingerprint density at radius 1 is 1.30 bits per heavy atom. The van der Waals surface area contributed by atoms with E-state index in [1.807, 2.05) is 20.8 Å². The highest BCUT2D eigenvalue weighted by atomic mass is 32.2. The van der Waals surface area contributed by atoms with Gasteiger partial charge in [-0.2, -0.15) is 8.42 Å². The van der Waals surface area contributed by atoms with Gasteiger partial charge in [-0.1, -0.05) is 38.0 Å². The molecule has 2 atom stereocenters. The molecule has 0 saturated carbocycles. The van der Waals surface area contributed by atoms with Crippen molar-refractivity contribution in [1.29, 1.82) is 0 Å². The molecule has 0 aliphatic rings. The number of rotatable bonds is 4. The Morgan fingerprint density at radius 2 is 1.75 bits per heavy atom. The molecule has 0 unspecified atom stereocenters. The molecular weight excluding hydrogens is 282 g/mol. The predicted molar refractivity (Wildman–Crippen MR) is 76.1 cm³/mol. The fourth-order valence-corrected chi connectivity index (χ4v) is 1.69. The Balaban J connectivity index is 0.000000370. The number of nitrogens with two attached hydrogens (primary N) is 1. The number of benzene rings is 1. The maximum Gasteiger partial charge on any atom is 0.320 e. The minimum Gasteiger partial charge on any atom is -0.480 e. The Labute approximate surface area is 119 Å². The van der Waals surface area contributed by atoms with Gasteiger partial charge in [0.15, 0.2) is 0 Å². The Hall–Kier alpha value is -1.44. The van der Waals surface area contributed by atoms with Crippen molar-refractivity contribution in [3.05, 3.63) is 29.8 Å². The second-order valence-corrected chi connectivity index (χ2v) is 5.96. The SMILES string of the molecule is CC[C@H](C)[C@H](N)C(=O)O.Cc1ccc(S(=O)(=O)O)cc1. The van der Waals surface area contributed by atoms with Crippen LogP contribution in [0.15, 0.2) is 29.2 Å². The predicted octanol–water partition coefficient (Wildman–Crippen LogP) is 1.69. The van der Waals surface area contributed by atoms with Gasteiger partial charge in [0.2, 0.25) is 0 Å². The molecular formula is C13H21NO5S. The van der Waals surface area contributed by atoms with Crippen LogP contribution in [0.4, 0.5) is 0 Å². The first kappa shape index (κ1) is 18.6. The van der Waals surface area contributed by atoms with Crippen molar-refractivity contribution in [2.75, 3.05) is 0 Å². The first-order valence-electron chi connectivity index (χ1n) is 6.12. The van der Waals surface area contributed by atoms with Gasteiger partial charge in [0.1, 0.15) is 6.04 Å². The van der Waals surface area contributed by atoms with Gasteiger partial charge in [-0.3, -0.25) is 9.35 Å². The van der Waals surface area contributed by atoms with Gasteiger partial charge in [-0.25, -0.2) is 0 Å². The second-order valence-electron chi connectivity index (χ2n) is 4.54. The lowest BCUT2D eigenvalue weighted by Crippen LogP contribution is -2.36. The molecule has 1 rings (SSSR count). The monoisotopic (exact) mass is 303 g/mol. The molecule has 0 radical (unpaired) electrons. The van der Waals surface area contributed by atoms with E-state index in [1.165, 1.54) is 12.1 Å². The molecule has 0 spiro atoms. The third-order valence-electron chi connectivity index (χ3n) is 2.86. The summed E-state index contributed by atoms with van der Waals surface area (Å²) < 4.78 is 29.6. The summed E-state index contributed by atoms with van der Waals surface area (Å²) in [5.74, 6) is -0.841. The molecule has 0 aromatic heterocycles. The highest BCUT2D eigenvalue weighted by Gasteiger charge is 2.17. The van der Waals surface area contributed by atoms with E-state index in [4.69, 9.17) is 15.4 Å². The van der Waals surface area contributed by atoms with Crippen molar-refractivity contribution in [2.24, 2.45) is 11.7 Å². The first-order chi connectivity index (χ1) is 9.09. The van der Waals surface area contributed by atoms with Crippen molar-refractivity contribution >= 4 is 16.1 Å². The zero-order valence-corrected chi connectivity index (χ0v) is 12.6. The maximum absolute atomic E-state index is 10.5. The molecule has 7 heteroatoms. The molecule has 0 aliphatic heterocycles. The van der Waals surface area contributed by atoms with E-state index in [0.29, 0.717) is 0 Å². The minimum absolute atomic E-state index is 0.0666. The van der Waals surface area contributed by atoms with E-state index in [0.717, 1.165) is 12.0 Å². The minimum atomic E-state index is -4.02. The van der Waals surface area contributed by atoms with Crippen LogP contribution in [0, 0.1) is 12.8 Å². The molecule has 1 aromatic rings. The van der Waals surface area contributed by atoms with Crippen molar-refractivity contribution < 1.29 is 22.9 Å². The fourth-order valence-electron chi connectivity index (χ4n) is 1.21. The van der Waals surface area contributed by atoms with Gasteiger partial charge in [-0.05, 0) is 25.0 Å². The average Bonchev–Trinajstić information content (AvgIpc) is 2.37. The van der Waals surface area contributed by atoms with Gasteiger partial charge >= 0.3 is 5.97 Å². The van der Waals surface area contributed by atoms with Crippen LogP contribution in [0.1, 0.15) is 25.8 Å². The molecule has 1 aromatic carbocycles. The van der Waals surface area contributed by atoms with E-state index >= 15 is 0 Å². The van der Waals surface area contributed by atoms with Crippen molar-refractivity contribution in [3.63, 3.8) is 0 Å². The molecule has 0 fully saturated rings. The highest BCUT2D eigenvalue weighted by Crippen LogP contribution is 2.08. The summed E-state index contributed by atoms with van der Waals surface area (Å²) in [6.45, 7) is 5.60. The number of carbonyl (C=O) groups is 1. The van der Waals surface area contributed by atoms with Crippen LogP contribution < -0.4 is 5.73 Å². The average molecular weight is 303 g/mol. The Bertz CT molecular complexity index is 524. The van der Waals surface area contributed by atoms with Gasteiger partial charge in [0.25, 0.3) is 10.1 Å². The summed E-state index contributed by atoms with van der Waals surface area (Å²) in [5.41, 5.74) is 6.23. The summed E-state index contributed by atoms with van der Waals surface area (Å²) in [5, 5.41) is 8.36. The Morgan fingerprint density at radius 3 is 2.00 bits per heavy atom. The summed E-state index contributed by atoms with van der Waals surface area (Å²) in [7, 11) is -4.02. The molecule has 4 N–H and O–H groups in total. The largest absolute Gasteiger partial charge is 0.480 e. The van der Waals surface area contributed by atoms with Crippen LogP contribution in [0.2, 0.25) is 0 Å². The van der Waals surface area contributed by atoms with E-state index < -0.39 is 22.1 Å².